The molecule has 0 aromatic rings. The van der Waals surface area contributed by atoms with Crippen molar-refractivity contribution in [1.82, 2.24) is 10.3 Å². The second-order valence-corrected chi connectivity index (χ2v) is 4.04. The average Bonchev–Trinajstić information content (AvgIpc) is 2.35. The molecule has 1 heterocycles. The van der Waals surface area contributed by atoms with Crippen molar-refractivity contribution in [2.24, 2.45) is 11.6 Å². The van der Waals surface area contributed by atoms with Crippen LogP contribution in [0.25, 0.3) is 0 Å². The van der Waals surface area contributed by atoms with E-state index in [0.717, 1.165) is 6.42 Å². The van der Waals surface area contributed by atoms with Crippen molar-refractivity contribution < 1.29 is 14.3 Å². The molecule has 7 nitrogen and oxygen atoms in total. The van der Waals surface area contributed by atoms with Crippen molar-refractivity contribution in [1.29, 1.82) is 0 Å². The fourth-order valence-electron chi connectivity index (χ4n) is 2.05. The lowest BCUT2D eigenvalue weighted by Crippen LogP contribution is -2.60. The fourth-order valence-corrected chi connectivity index (χ4v) is 2.05. The minimum atomic E-state index is -0.558. The fraction of sp³-hybridized carbons (Fsp3) is 0.800. The molecule has 5 N–H and O–H groups in total. The molecule has 1 aliphatic rings. The van der Waals surface area contributed by atoms with Crippen LogP contribution < -0.4 is 17.0 Å². The normalized spacial score (nSPS) is 23.1. The molecular formula is C10H20N4O3. The molecule has 0 aromatic heterocycles. The van der Waals surface area contributed by atoms with Crippen molar-refractivity contribution in [3.05, 3.63) is 0 Å². The lowest BCUT2D eigenvalue weighted by molar-refractivity contribution is -0.138. The van der Waals surface area contributed by atoms with Crippen LogP contribution in [0.3, 0.4) is 0 Å². The van der Waals surface area contributed by atoms with E-state index in [4.69, 9.17) is 16.3 Å². The van der Waals surface area contributed by atoms with Crippen molar-refractivity contribution in [2.75, 3.05) is 19.8 Å². The van der Waals surface area contributed by atoms with Gasteiger partial charge in [-0.25, -0.2) is 5.84 Å². The van der Waals surface area contributed by atoms with E-state index in [1.165, 1.54) is 0 Å². The zero-order chi connectivity index (χ0) is 12.8. The molecule has 0 spiro atoms. The summed E-state index contributed by atoms with van der Waals surface area (Å²) < 4.78 is 5.21. The molecule has 1 saturated heterocycles. The monoisotopic (exact) mass is 244 g/mol. The van der Waals surface area contributed by atoms with E-state index in [-0.39, 0.29) is 12.5 Å². The van der Waals surface area contributed by atoms with E-state index in [1.54, 1.807) is 4.90 Å². The lowest BCUT2D eigenvalue weighted by Gasteiger charge is -2.38. The first kappa shape index (κ1) is 13.9. The van der Waals surface area contributed by atoms with Crippen LogP contribution in [0, 0.1) is 0 Å². The summed E-state index contributed by atoms with van der Waals surface area (Å²) in [5.74, 6) is 4.39. The third-order valence-corrected chi connectivity index (χ3v) is 2.91. The second kappa shape index (κ2) is 6.53. The minimum Gasteiger partial charge on any atom is -0.378 e. The van der Waals surface area contributed by atoms with Crippen LogP contribution in [0.5, 0.6) is 0 Å². The molecule has 0 aliphatic carbocycles. The van der Waals surface area contributed by atoms with Crippen molar-refractivity contribution in [3.8, 4) is 0 Å². The van der Waals surface area contributed by atoms with Crippen LogP contribution in [-0.4, -0.2) is 48.6 Å². The third kappa shape index (κ3) is 3.39. The molecule has 1 aliphatic heterocycles. The SMILES string of the molecule is CCCC(C(=O)NN)N1CCOCC1C(N)=O. The molecule has 0 aromatic carbocycles. The van der Waals surface area contributed by atoms with Gasteiger partial charge in [-0.3, -0.25) is 19.9 Å². The topological polar surface area (TPSA) is 111 Å². The Labute approximate surface area is 100 Å². The zero-order valence-electron chi connectivity index (χ0n) is 10.0. The number of ether oxygens (including phenoxy) is 1. The summed E-state index contributed by atoms with van der Waals surface area (Å²) in [5, 5.41) is 0. The lowest BCUT2D eigenvalue weighted by atomic mass is 10.1. The van der Waals surface area contributed by atoms with Gasteiger partial charge in [0.05, 0.1) is 19.3 Å². The van der Waals surface area contributed by atoms with Crippen molar-refractivity contribution in [3.63, 3.8) is 0 Å². The van der Waals surface area contributed by atoms with Gasteiger partial charge >= 0.3 is 0 Å². The van der Waals surface area contributed by atoms with Gasteiger partial charge in [-0.05, 0) is 6.42 Å². The second-order valence-electron chi connectivity index (χ2n) is 4.04. The Hall–Kier alpha value is -1.18. The van der Waals surface area contributed by atoms with Gasteiger partial charge in [-0.2, -0.15) is 0 Å². The Morgan fingerprint density at radius 2 is 2.29 bits per heavy atom. The number of carbonyl (C=O) groups is 2. The molecule has 7 heteroatoms. The van der Waals surface area contributed by atoms with Crippen LogP contribution in [0.4, 0.5) is 0 Å². The first-order valence-corrected chi connectivity index (χ1v) is 5.75. The summed E-state index contributed by atoms with van der Waals surface area (Å²) >= 11 is 0. The molecule has 1 fully saturated rings. The minimum absolute atomic E-state index is 0.230. The smallest absolute Gasteiger partial charge is 0.251 e. The maximum absolute atomic E-state index is 11.7. The van der Waals surface area contributed by atoms with Crippen LogP contribution >= 0.6 is 0 Å². The Morgan fingerprint density at radius 3 is 2.82 bits per heavy atom. The molecule has 2 amide bonds. The van der Waals surface area contributed by atoms with E-state index in [1.807, 2.05) is 6.92 Å². The van der Waals surface area contributed by atoms with Crippen LogP contribution in [0.2, 0.25) is 0 Å². The number of hydrogen-bond acceptors (Lipinski definition) is 5. The zero-order valence-corrected chi connectivity index (χ0v) is 10.0. The van der Waals surface area contributed by atoms with Gasteiger partial charge in [-0.1, -0.05) is 13.3 Å². The van der Waals surface area contributed by atoms with Crippen LogP contribution in [0.1, 0.15) is 19.8 Å². The highest BCUT2D eigenvalue weighted by Gasteiger charge is 2.35. The molecule has 0 saturated carbocycles. The molecular weight excluding hydrogens is 224 g/mol. The average molecular weight is 244 g/mol. The molecule has 0 radical (unpaired) electrons. The number of nitrogens with two attached hydrogens (primary N) is 2. The van der Waals surface area contributed by atoms with E-state index in [0.29, 0.717) is 19.6 Å². The molecule has 98 valence electrons. The largest absolute Gasteiger partial charge is 0.378 e. The van der Waals surface area contributed by atoms with E-state index in [2.05, 4.69) is 5.43 Å². The Balaban J connectivity index is 2.81. The molecule has 17 heavy (non-hydrogen) atoms. The summed E-state index contributed by atoms with van der Waals surface area (Å²) in [5.41, 5.74) is 7.44. The van der Waals surface area contributed by atoms with Gasteiger partial charge in [0.15, 0.2) is 0 Å². The van der Waals surface area contributed by atoms with Crippen LogP contribution in [0.15, 0.2) is 0 Å². The van der Waals surface area contributed by atoms with E-state index < -0.39 is 18.0 Å². The number of amides is 2. The summed E-state index contributed by atoms with van der Waals surface area (Å²) in [6.07, 6.45) is 1.45. The Morgan fingerprint density at radius 1 is 1.59 bits per heavy atom. The van der Waals surface area contributed by atoms with Crippen molar-refractivity contribution >= 4 is 11.8 Å². The highest BCUT2D eigenvalue weighted by Crippen LogP contribution is 2.15. The molecule has 0 bridgehead atoms. The molecule has 2 unspecified atom stereocenters. The maximum Gasteiger partial charge on any atom is 0.251 e. The number of rotatable bonds is 5. The van der Waals surface area contributed by atoms with Crippen LogP contribution in [-0.2, 0) is 14.3 Å². The number of nitrogens with one attached hydrogen (secondary N) is 1. The Kier molecular flexibility index (Phi) is 5.33. The maximum atomic E-state index is 11.7. The summed E-state index contributed by atoms with van der Waals surface area (Å²) in [4.78, 5) is 24.8. The highest BCUT2D eigenvalue weighted by atomic mass is 16.5. The number of primary amides is 1. The first-order valence-electron chi connectivity index (χ1n) is 5.75. The van der Waals surface area contributed by atoms with Gasteiger partial charge < -0.3 is 10.5 Å². The predicted molar refractivity (Wildman–Crippen MR) is 61.5 cm³/mol. The van der Waals surface area contributed by atoms with E-state index >= 15 is 0 Å². The number of nitrogens with zero attached hydrogens (tertiary/aromatic N) is 1. The number of hydrogen-bond donors (Lipinski definition) is 3. The standard InChI is InChI=1S/C10H20N4O3/c1-2-3-7(10(16)13-12)14-4-5-17-6-8(14)9(11)15/h7-8H,2-6,12H2,1H3,(H2,11,15)(H,13,16). The summed E-state index contributed by atoms with van der Waals surface area (Å²) in [6.45, 7) is 3.19. The first-order chi connectivity index (χ1) is 8.11. The van der Waals surface area contributed by atoms with Gasteiger partial charge in [-0.15, -0.1) is 0 Å². The van der Waals surface area contributed by atoms with Gasteiger partial charge in [0, 0.05) is 6.54 Å². The quantitative estimate of drug-likeness (QED) is 0.304. The third-order valence-electron chi connectivity index (χ3n) is 2.91. The van der Waals surface area contributed by atoms with Gasteiger partial charge in [0.2, 0.25) is 5.91 Å². The molecule has 1 rings (SSSR count). The predicted octanol–water partition coefficient (Wildman–Crippen LogP) is -1.67. The Bertz CT molecular complexity index is 285. The number of morpholine rings is 1. The van der Waals surface area contributed by atoms with Crippen molar-refractivity contribution in [2.45, 2.75) is 31.8 Å². The summed E-state index contributed by atoms with van der Waals surface area (Å²) in [6, 6.07) is -0.982. The highest BCUT2D eigenvalue weighted by molar-refractivity contribution is 5.84. The molecule has 2 atom stereocenters. The van der Waals surface area contributed by atoms with Gasteiger partial charge in [0.25, 0.3) is 5.91 Å². The van der Waals surface area contributed by atoms with E-state index in [9.17, 15) is 9.59 Å². The number of hydrazine groups is 1. The summed E-state index contributed by atoms with van der Waals surface area (Å²) in [7, 11) is 0. The number of carbonyl (C=O) groups excluding carboxylic acids is 2. The van der Waals surface area contributed by atoms with Gasteiger partial charge in [0.1, 0.15) is 6.04 Å².